The highest BCUT2D eigenvalue weighted by atomic mass is 19.4. The highest BCUT2D eigenvalue weighted by molar-refractivity contribution is 5.98. The predicted molar refractivity (Wildman–Crippen MR) is 82.5 cm³/mol. The monoisotopic (exact) mass is 352 g/mol. The maximum absolute atomic E-state index is 13.4. The normalized spacial score (nSPS) is 11.4. The van der Waals surface area contributed by atoms with Gasteiger partial charge in [-0.15, -0.1) is 0 Å². The van der Waals surface area contributed by atoms with E-state index in [1.54, 1.807) is 0 Å². The molecule has 4 nitrogen and oxygen atoms in total. The van der Waals surface area contributed by atoms with Crippen LogP contribution in [0.1, 0.15) is 21.5 Å². The van der Waals surface area contributed by atoms with Gasteiger partial charge in [0.2, 0.25) is 0 Å². The van der Waals surface area contributed by atoms with Gasteiger partial charge in [-0.3, -0.25) is 20.4 Å². The first kappa shape index (κ1) is 18.2. The van der Waals surface area contributed by atoms with Crippen LogP contribution in [-0.4, -0.2) is 11.8 Å². The summed E-state index contributed by atoms with van der Waals surface area (Å²) < 4.78 is 51.2. The van der Waals surface area contributed by atoms with Crippen molar-refractivity contribution >= 4 is 17.9 Å². The van der Waals surface area contributed by atoms with Gasteiger partial charge in [0, 0.05) is 6.08 Å². The van der Waals surface area contributed by atoms with E-state index < -0.39 is 29.4 Å². The molecule has 0 saturated heterocycles. The first-order chi connectivity index (χ1) is 11.8. The summed E-state index contributed by atoms with van der Waals surface area (Å²) in [5.74, 6) is -2.41. The first-order valence-corrected chi connectivity index (χ1v) is 6.97. The molecule has 0 saturated carbocycles. The van der Waals surface area contributed by atoms with E-state index in [1.807, 2.05) is 10.9 Å². The van der Waals surface area contributed by atoms with Crippen molar-refractivity contribution in [2.45, 2.75) is 6.18 Å². The molecule has 0 aliphatic carbocycles. The van der Waals surface area contributed by atoms with Gasteiger partial charge in [0.05, 0.1) is 11.1 Å². The first-order valence-electron chi connectivity index (χ1n) is 6.97. The Morgan fingerprint density at radius 2 is 1.68 bits per heavy atom. The number of alkyl halides is 3. The summed E-state index contributed by atoms with van der Waals surface area (Å²) in [5.41, 5.74) is 3.06. The molecule has 2 rings (SSSR count). The van der Waals surface area contributed by atoms with Gasteiger partial charge in [0.1, 0.15) is 5.82 Å². The lowest BCUT2D eigenvalue weighted by molar-refractivity contribution is -0.137. The molecule has 0 aliphatic rings. The Morgan fingerprint density at radius 3 is 2.36 bits per heavy atom. The summed E-state index contributed by atoms with van der Waals surface area (Å²) >= 11 is 0. The fourth-order valence-corrected chi connectivity index (χ4v) is 1.86. The van der Waals surface area contributed by atoms with Crippen molar-refractivity contribution in [1.82, 2.24) is 10.9 Å². The molecule has 2 aromatic carbocycles. The Balaban J connectivity index is 1.95. The molecule has 2 aromatic rings. The van der Waals surface area contributed by atoms with E-state index in [-0.39, 0.29) is 11.1 Å². The third kappa shape index (κ3) is 5.17. The number of halogens is 4. The Kier molecular flexibility index (Phi) is 5.53. The van der Waals surface area contributed by atoms with Crippen molar-refractivity contribution in [3.63, 3.8) is 0 Å². The zero-order valence-electron chi connectivity index (χ0n) is 12.6. The van der Waals surface area contributed by atoms with Crippen LogP contribution in [-0.2, 0) is 11.0 Å². The average Bonchev–Trinajstić information content (AvgIpc) is 2.58. The van der Waals surface area contributed by atoms with Crippen molar-refractivity contribution in [2.75, 3.05) is 0 Å². The lowest BCUT2D eigenvalue weighted by atomic mass is 10.1. The lowest BCUT2D eigenvalue weighted by Gasteiger charge is -2.07. The van der Waals surface area contributed by atoms with Gasteiger partial charge in [-0.25, -0.2) is 4.39 Å². The minimum absolute atomic E-state index is 0.158. The minimum Gasteiger partial charge on any atom is -0.268 e. The van der Waals surface area contributed by atoms with E-state index in [9.17, 15) is 27.2 Å². The Morgan fingerprint density at radius 1 is 0.960 bits per heavy atom. The number of rotatable bonds is 3. The van der Waals surface area contributed by atoms with Crippen molar-refractivity contribution in [1.29, 1.82) is 0 Å². The van der Waals surface area contributed by atoms with Gasteiger partial charge in [-0.1, -0.05) is 24.3 Å². The largest absolute Gasteiger partial charge is 0.416 e. The van der Waals surface area contributed by atoms with Crippen LogP contribution in [0.15, 0.2) is 54.6 Å². The summed E-state index contributed by atoms with van der Waals surface area (Å²) in [6, 6.07) is 9.56. The van der Waals surface area contributed by atoms with Gasteiger partial charge in [0.25, 0.3) is 11.8 Å². The maximum atomic E-state index is 13.4. The molecule has 25 heavy (non-hydrogen) atoms. The number of hydrazine groups is 1. The number of carbonyl (C=O) groups is 2. The zero-order chi connectivity index (χ0) is 18.4. The van der Waals surface area contributed by atoms with Crippen molar-refractivity contribution in [2.24, 2.45) is 0 Å². The van der Waals surface area contributed by atoms with Crippen LogP contribution < -0.4 is 10.9 Å². The van der Waals surface area contributed by atoms with E-state index in [0.717, 1.165) is 30.4 Å². The fourth-order valence-electron chi connectivity index (χ4n) is 1.86. The van der Waals surface area contributed by atoms with Crippen LogP contribution in [0.5, 0.6) is 0 Å². The van der Waals surface area contributed by atoms with Crippen LogP contribution >= 0.6 is 0 Å². The Bertz CT molecular complexity index is 816. The van der Waals surface area contributed by atoms with Gasteiger partial charge < -0.3 is 0 Å². The second-order valence-corrected chi connectivity index (χ2v) is 4.88. The summed E-state index contributed by atoms with van der Waals surface area (Å²) in [5, 5.41) is 0. The third-order valence-corrected chi connectivity index (χ3v) is 3.06. The Hall–Kier alpha value is -3.16. The predicted octanol–water partition coefficient (Wildman–Crippen LogP) is 3.32. The van der Waals surface area contributed by atoms with Crippen LogP contribution in [0.4, 0.5) is 17.6 Å². The zero-order valence-corrected chi connectivity index (χ0v) is 12.6. The maximum Gasteiger partial charge on any atom is 0.416 e. The standard InChI is InChI=1S/C17H12F4N2O2/c18-14-7-2-1-6-13(14)16(25)23-22-15(24)9-8-11-4-3-5-12(10-11)17(19,20)21/h1-10H,(H,22,24)(H,23,25)/b9-8+. The molecule has 130 valence electrons. The van der Waals surface area contributed by atoms with Crippen LogP contribution in [0.3, 0.4) is 0 Å². The average molecular weight is 352 g/mol. The molecule has 0 aliphatic heterocycles. The van der Waals surface area contributed by atoms with Crippen molar-refractivity contribution in [3.05, 3.63) is 77.1 Å². The number of hydrogen-bond donors (Lipinski definition) is 2. The van der Waals surface area contributed by atoms with Gasteiger partial charge in [0.15, 0.2) is 0 Å². The Labute approximate surface area is 140 Å². The molecule has 0 unspecified atom stereocenters. The third-order valence-electron chi connectivity index (χ3n) is 3.06. The summed E-state index contributed by atoms with van der Waals surface area (Å²) in [4.78, 5) is 23.3. The quantitative estimate of drug-likeness (QED) is 0.506. The SMILES string of the molecule is O=C(/C=C/c1cccc(C(F)(F)F)c1)NNC(=O)c1ccccc1F. The highest BCUT2D eigenvalue weighted by Gasteiger charge is 2.30. The molecule has 0 aromatic heterocycles. The molecular formula is C17H12F4N2O2. The van der Waals surface area contributed by atoms with Crippen LogP contribution in [0.2, 0.25) is 0 Å². The number of benzene rings is 2. The van der Waals surface area contributed by atoms with E-state index in [1.165, 1.54) is 30.3 Å². The van der Waals surface area contributed by atoms with Gasteiger partial charge >= 0.3 is 6.18 Å². The van der Waals surface area contributed by atoms with Crippen molar-refractivity contribution < 1.29 is 27.2 Å². The summed E-state index contributed by atoms with van der Waals surface area (Å²) in [6.45, 7) is 0. The lowest BCUT2D eigenvalue weighted by Crippen LogP contribution is -2.41. The van der Waals surface area contributed by atoms with Crippen LogP contribution in [0.25, 0.3) is 6.08 Å². The minimum atomic E-state index is -4.49. The molecule has 2 N–H and O–H groups in total. The molecular weight excluding hydrogens is 340 g/mol. The van der Waals surface area contributed by atoms with E-state index >= 15 is 0 Å². The van der Waals surface area contributed by atoms with Crippen LogP contribution in [0, 0.1) is 5.82 Å². The van der Waals surface area contributed by atoms with E-state index in [0.29, 0.717) is 0 Å². The topological polar surface area (TPSA) is 58.2 Å². The molecule has 0 atom stereocenters. The molecule has 0 heterocycles. The number of carbonyl (C=O) groups excluding carboxylic acids is 2. The van der Waals surface area contributed by atoms with Gasteiger partial charge in [-0.05, 0) is 35.9 Å². The molecule has 0 radical (unpaired) electrons. The van der Waals surface area contributed by atoms with E-state index in [4.69, 9.17) is 0 Å². The smallest absolute Gasteiger partial charge is 0.268 e. The highest BCUT2D eigenvalue weighted by Crippen LogP contribution is 2.29. The summed E-state index contributed by atoms with van der Waals surface area (Å²) in [6.07, 6.45) is -2.39. The second kappa shape index (κ2) is 7.61. The molecule has 8 heteroatoms. The molecule has 0 fully saturated rings. The molecule has 0 spiro atoms. The second-order valence-electron chi connectivity index (χ2n) is 4.88. The fraction of sp³-hybridized carbons (Fsp3) is 0.0588. The molecule has 0 bridgehead atoms. The number of nitrogens with one attached hydrogen (secondary N) is 2. The van der Waals surface area contributed by atoms with E-state index in [2.05, 4.69) is 0 Å². The van der Waals surface area contributed by atoms with Gasteiger partial charge in [-0.2, -0.15) is 13.2 Å². The number of hydrogen-bond acceptors (Lipinski definition) is 2. The molecule has 2 amide bonds. The number of amides is 2. The summed E-state index contributed by atoms with van der Waals surface area (Å²) in [7, 11) is 0. The van der Waals surface area contributed by atoms with Crippen molar-refractivity contribution in [3.8, 4) is 0 Å².